The van der Waals surface area contributed by atoms with Crippen molar-refractivity contribution in [2.45, 2.75) is 32.1 Å². The van der Waals surface area contributed by atoms with E-state index in [0.717, 1.165) is 42.9 Å². The van der Waals surface area contributed by atoms with Gasteiger partial charge in [0, 0.05) is 23.9 Å². The third-order valence-electron chi connectivity index (χ3n) is 3.31. The quantitative estimate of drug-likeness (QED) is 0.573. The number of carbonyl (C=O) groups is 2. The lowest BCUT2D eigenvalue weighted by Crippen LogP contribution is -2.24. The Morgan fingerprint density at radius 3 is 2.75 bits per heavy atom. The molecule has 0 bridgehead atoms. The fraction of sp³-hybridized carbons (Fsp3) is 0.375. The van der Waals surface area contributed by atoms with Crippen molar-refractivity contribution in [2.24, 2.45) is 0 Å². The Bertz CT molecular complexity index is 542. The van der Waals surface area contributed by atoms with Crippen LogP contribution in [-0.2, 0) is 4.79 Å². The molecule has 20 heavy (non-hydrogen) atoms. The van der Waals surface area contributed by atoms with Crippen LogP contribution in [0.2, 0.25) is 0 Å². The first-order valence-corrected chi connectivity index (χ1v) is 7.11. The molecule has 1 aromatic carbocycles. The van der Waals surface area contributed by atoms with Gasteiger partial charge in [-0.15, -0.1) is 0 Å². The molecule has 2 rings (SSSR count). The van der Waals surface area contributed by atoms with Gasteiger partial charge >= 0.3 is 0 Å². The van der Waals surface area contributed by atoms with E-state index < -0.39 is 0 Å². The van der Waals surface area contributed by atoms with E-state index in [1.165, 1.54) is 0 Å². The van der Waals surface area contributed by atoms with Gasteiger partial charge in [0.15, 0.2) is 0 Å². The van der Waals surface area contributed by atoms with E-state index in [0.29, 0.717) is 18.7 Å². The van der Waals surface area contributed by atoms with E-state index in [2.05, 4.69) is 10.3 Å². The minimum atomic E-state index is -0.0610. The van der Waals surface area contributed by atoms with Crippen molar-refractivity contribution in [3.8, 4) is 0 Å². The van der Waals surface area contributed by atoms with Crippen LogP contribution in [0.25, 0.3) is 10.9 Å². The summed E-state index contributed by atoms with van der Waals surface area (Å²) in [6.07, 6.45) is 5.57. The minimum absolute atomic E-state index is 0.0610. The van der Waals surface area contributed by atoms with Crippen molar-refractivity contribution in [1.82, 2.24) is 10.3 Å². The van der Waals surface area contributed by atoms with Gasteiger partial charge in [-0.2, -0.15) is 0 Å². The zero-order valence-corrected chi connectivity index (χ0v) is 11.5. The van der Waals surface area contributed by atoms with Gasteiger partial charge in [-0.25, -0.2) is 0 Å². The highest BCUT2D eigenvalue weighted by atomic mass is 16.1. The summed E-state index contributed by atoms with van der Waals surface area (Å²) in [5.74, 6) is -0.0610. The van der Waals surface area contributed by atoms with Crippen molar-refractivity contribution < 1.29 is 9.59 Å². The highest BCUT2D eigenvalue weighted by molar-refractivity contribution is 5.97. The zero-order chi connectivity index (χ0) is 14.2. The predicted molar refractivity (Wildman–Crippen MR) is 79.8 cm³/mol. The molecule has 0 fully saturated rings. The second kappa shape index (κ2) is 7.48. The Morgan fingerprint density at radius 2 is 1.95 bits per heavy atom. The van der Waals surface area contributed by atoms with E-state index in [9.17, 15) is 9.59 Å². The maximum absolute atomic E-state index is 12.0. The molecule has 106 valence electrons. The number of carbonyl (C=O) groups excluding carboxylic acids is 2. The number of aromatic nitrogens is 1. The molecule has 2 aromatic rings. The molecule has 0 radical (unpaired) electrons. The molecule has 4 heteroatoms. The van der Waals surface area contributed by atoms with Gasteiger partial charge in [0.2, 0.25) is 0 Å². The summed E-state index contributed by atoms with van der Waals surface area (Å²) < 4.78 is 0. The Hall–Kier alpha value is -2.10. The van der Waals surface area contributed by atoms with Crippen LogP contribution in [0.1, 0.15) is 42.6 Å². The molecule has 0 aliphatic carbocycles. The molecule has 1 aromatic heterocycles. The molecular formula is C16H20N2O2. The first kappa shape index (κ1) is 14.3. The van der Waals surface area contributed by atoms with Crippen LogP contribution >= 0.6 is 0 Å². The van der Waals surface area contributed by atoms with E-state index in [4.69, 9.17) is 0 Å². The number of nitrogens with one attached hydrogen (secondary N) is 2. The van der Waals surface area contributed by atoms with E-state index in [-0.39, 0.29) is 5.91 Å². The summed E-state index contributed by atoms with van der Waals surface area (Å²) in [6.45, 7) is 0.676. The molecule has 0 aliphatic rings. The molecule has 4 nitrogen and oxygen atoms in total. The Morgan fingerprint density at radius 1 is 1.15 bits per heavy atom. The molecule has 0 saturated heterocycles. The Kier molecular flexibility index (Phi) is 5.35. The van der Waals surface area contributed by atoms with Crippen molar-refractivity contribution in [3.63, 3.8) is 0 Å². The lowest BCUT2D eigenvalue weighted by molar-refractivity contribution is -0.107. The fourth-order valence-electron chi connectivity index (χ4n) is 2.20. The number of hydrogen-bond donors (Lipinski definition) is 2. The van der Waals surface area contributed by atoms with Crippen LogP contribution in [0.5, 0.6) is 0 Å². The summed E-state index contributed by atoms with van der Waals surface area (Å²) in [5, 5.41) is 3.96. The van der Waals surface area contributed by atoms with Gasteiger partial charge in [0.25, 0.3) is 5.91 Å². The molecule has 0 unspecified atom stereocenters. The average Bonchev–Trinajstić information content (AvgIpc) is 2.90. The van der Waals surface area contributed by atoms with Gasteiger partial charge in [0.1, 0.15) is 12.0 Å². The fourth-order valence-corrected chi connectivity index (χ4v) is 2.20. The van der Waals surface area contributed by atoms with E-state index in [1.54, 1.807) is 0 Å². The number of aldehydes is 1. The third kappa shape index (κ3) is 3.95. The van der Waals surface area contributed by atoms with Gasteiger partial charge < -0.3 is 15.1 Å². The van der Waals surface area contributed by atoms with Gasteiger partial charge in [0.05, 0.1) is 0 Å². The van der Waals surface area contributed by atoms with Crippen molar-refractivity contribution in [1.29, 1.82) is 0 Å². The number of rotatable bonds is 8. The van der Waals surface area contributed by atoms with Gasteiger partial charge in [-0.3, -0.25) is 4.79 Å². The molecule has 1 heterocycles. The molecule has 1 amide bonds. The molecular weight excluding hydrogens is 252 g/mol. The summed E-state index contributed by atoms with van der Waals surface area (Å²) in [6, 6.07) is 9.71. The van der Waals surface area contributed by atoms with E-state index in [1.807, 2.05) is 30.3 Å². The van der Waals surface area contributed by atoms with Crippen molar-refractivity contribution >= 4 is 23.1 Å². The topological polar surface area (TPSA) is 62.0 Å². The highest BCUT2D eigenvalue weighted by Gasteiger charge is 2.07. The minimum Gasteiger partial charge on any atom is -0.351 e. The first-order valence-electron chi connectivity index (χ1n) is 7.11. The molecule has 2 N–H and O–H groups in total. The first-order chi connectivity index (χ1) is 9.81. The van der Waals surface area contributed by atoms with Crippen LogP contribution in [0, 0.1) is 0 Å². The third-order valence-corrected chi connectivity index (χ3v) is 3.31. The van der Waals surface area contributed by atoms with E-state index >= 15 is 0 Å². The maximum Gasteiger partial charge on any atom is 0.267 e. The summed E-state index contributed by atoms with van der Waals surface area (Å²) in [5.41, 5.74) is 1.58. The van der Waals surface area contributed by atoms with Crippen LogP contribution in [0.15, 0.2) is 30.3 Å². The predicted octanol–water partition coefficient (Wildman–Crippen LogP) is 3.05. The summed E-state index contributed by atoms with van der Waals surface area (Å²) in [4.78, 5) is 25.2. The number of H-pyrrole nitrogens is 1. The maximum atomic E-state index is 12.0. The van der Waals surface area contributed by atoms with Gasteiger partial charge in [-0.05, 0) is 25.0 Å². The highest BCUT2D eigenvalue weighted by Crippen LogP contribution is 2.14. The number of unbranched alkanes of at least 4 members (excludes halogenated alkanes) is 4. The number of hydrogen-bond acceptors (Lipinski definition) is 2. The smallest absolute Gasteiger partial charge is 0.267 e. The molecule has 0 saturated carbocycles. The number of benzene rings is 1. The second-order valence-electron chi connectivity index (χ2n) is 4.90. The number of aromatic amines is 1. The Labute approximate surface area is 118 Å². The largest absolute Gasteiger partial charge is 0.351 e. The monoisotopic (exact) mass is 272 g/mol. The SMILES string of the molecule is O=CCCCCCCNC(=O)c1cc2ccccc2[nH]1. The Balaban J connectivity index is 1.73. The molecule has 0 atom stereocenters. The van der Waals surface area contributed by atoms with Crippen molar-refractivity contribution in [3.05, 3.63) is 36.0 Å². The van der Waals surface area contributed by atoms with Gasteiger partial charge in [-0.1, -0.05) is 31.0 Å². The summed E-state index contributed by atoms with van der Waals surface area (Å²) >= 11 is 0. The zero-order valence-electron chi connectivity index (χ0n) is 11.5. The number of fused-ring (bicyclic) bond motifs is 1. The van der Waals surface area contributed by atoms with Crippen LogP contribution in [0.3, 0.4) is 0 Å². The number of amides is 1. The molecule has 0 aliphatic heterocycles. The number of para-hydroxylation sites is 1. The standard InChI is InChI=1S/C16H20N2O2/c19-11-7-3-1-2-6-10-17-16(20)15-12-13-8-4-5-9-14(13)18-15/h4-5,8-9,11-12,18H,1-3,6-7,10H2,(H,17,20). The van der Waals surface area contributed by atoms with Crippen LogP contribution < -0.4 is 5.32 Å². The lowest BCUT2D eigenvalue weighted by atomic mass is 10.1. The molecule has 0 spiro atoms. The van der Waals surface area contributed by atoms with Crippen molar-refractivity contribution in [2.75, 3.05) is 6.54 Å². The lowest BCUT2D eigenvalue weighted by Gasteiger charge is -2.03. The average molecular weight is 272 g/mol. The second-order valence-corrected chi connectivity index (χ2v) is 4.90. The summed E-state index contributed by atoms with van der Waals surface area (Å²) in [7, 11) is 0. The van der Waals surface area contributed by atoms with Crippen LogP contribution in [-0.4, -0.2) is 23.7 Å². The normalized spacial score (nSPS) is 10.6. The van der Waals surface area contributed by atoms with Crippen LogP contribution in [0.4, 0.5) is 0 Å².